The normalized spacial score (nSPS) is 20.3. The quantitative estimate of drug-likeness (QED) is 0.681. The zero-order valence-electron chi connectivity index (χ0n) is 15.7. The number of aromatic amines is 1. The van der Waals surface area contributed by atoms with Gasteiger partial charge < -0.3 is 14.5 Å². The third-order valence-corrected chi connectivity index (χ3v) is 7.25. The number of ether oxygens (including phenoxy) is 2. The predicted octanol–water partition coefficient (Wildman–Crippen LogP) is 4.12. The molecule has 1 aromatic carbocycles. The van der Waals surface area contributed by atoms with Gasteiger partial charge in [-0.25, -0.2) is 4.98 Å². The highest BCUT2D eigenvalue weighted by Crippen LogP contribution is 2.34. The summed E-state index contributed by atoms with van der Waals surface area (Å²) < 4.78 is 24.5. The van der Waals surface area contributed by atoms with Crippen molar-refractivity contribution in [2.45, 2.75) is 48.0 Å². The van der Waals surface area contributed by atoms with Gasteiger partial charge in [-0.05, 0) is 61.6 Å². The summed E-state index contributed by atoms with van der Waals surface area (Å²) in [6.07, 6.45) is 5.70. The van der Waals surface area contributed by atoms with Crippen molar-refractivity contribution in [1.82, 2.24) is 9.97 Å². The standard InChI is InChI=1S/C22H24N2O3S/c25-28(19-7-8-19)18-5-3-15(4-6-18)21(27-17-9-12-26-13-10-17)20-14-16-2-1-11-23-22(16)24-20/h1-6,11,14,17,19,21H,7-10,12-13H2,(H,23,24). The van der Waals surface area contributed by atoms with Gasteiger partial charge in [-0.3, -0.25) is 4.21 Å². The average molecular weight is 397 g/mol. The van der Waals surface area contributed by atoms with Gasteiger partial charge in [0, 0.05) is 34.9 Å². The maximum atomic E-state index is 12.4. The number of nitrogens with zero attached hydrogens (tertiary/aromatic N) is 1. The number of aromatic nitrogens is 2. The molecule has 1 N–H and O–H groups in total. The molecule has 1 aliphatic heterocycles. The molecule has 1 saturated heterocycles. The van der Waals surface area contributed by atoms with Crippen LogP contribution in [0.1, 0.15) is 43.0 Å². The monoisotopic (exact) mass is 396 g/mol. The second kappa shape index (κ2) is 7.78. The van der Waals surface area contributed by atoms with Crippen LogP contribution in [0.2, 0.25) is 0 Å². The maximum Gasteiger partial charge on any atom is 0.137 e. The zero-order chi connectivity index (χ0) is 18.9. The highest BCUT2D eigenvalue weighted by molar-refractivity contribution is 7.86. The van der Waals surface area contributed by atoms with Gasteiger partial charge in [-0.15, -0.1) is 0 Å². The summed E-state index contributed by atoms with van der Waals surface area (Å²) in [7, 11) is -0.884. The molecule has 2 atom stereocenters. The fourth-order valence-corrected chi connectivity index (χ4v) is 5.06. The lowest BCUT2D eigenvalue weighted by Gasteiger charge is -2.27. The fraction of sp³-hybridized carbons (Fsp3) is 0.409. The topological polar surface area (TPSA) is 64.2 Å². The molecule has 5 rings (SSSR count). The number of benzene rings is 1. The summed E-state index contributed by atoms with van der Waals surface area (Å²) in [5.41, 5.74) is 2.93. The summed E-state index contributed by atoms with van der Waals surface area (Å²) in [6.45, 7) is 1.48. The van der Waals surface area contributed by atoms with Gasteiger partial charge in [0.25, 0.3) is 0 Å². The van der Waals surface area contributed by atoms with E-state index >= 15 is 0 Å². The lowest BCUT2D eigenvalue weighted by Crippen LogP contribution is -2.25. The van der Waals surface area contributed by atoms with E-state index in [1.807, 2.05) is 18.2 Å². The smallest absolute Gasteiger partial charge is 0.137 e. The number of hydrogen-bond donors (Lipinski definition) is 1. The lowest BCUT2D eigenvalue weighted by atomic mass is 10.0. The number of H-pyrrole nitrogens is 1. The van der Waals surface area contributed by atoms with Gasteiger partial charge in [-0.1, -0.05) is 12.1 Å². The van der Waals surface area contributed by atoms with Gasteiger partial charge in [0.1, 0.15) is 11.8 Å². The molecule has 2 aliphatic rings. The van der Waals surface area contributed by atoms with Crippen LogP contribution in [0.5, 0.6) is 0 Å². The number of hydrogen-bond acceptors (Lipinski definition) is 4. The van der Waals surface area contributed by atoms with Gasteiger partial charge in [0.05, 0.1) is 22.6 Å². The van der Waals surface area contributed by atoms with Gasteiger partial charge in [0.15, 0.2) is 0 Å². The molecular weight excluding hydrogens is 372 g/mol. The first-order valence-electron chi connectivity index (χ1n) is 9.95. The van der Waals surface area contributed by atoms with E-state index in [-0.39, 0.29) is 12.2 Å². The number of fused-ring (bicyclic) bond motifs is 1. The van der Waals surface area contributed by atoms with Crippen LogP contribution < -0.4 is 0 Å². The Morgan fingerprint density at radius 2 is 1.89 bits per heavy atom. The van der Waals surface area contributed by atoms with Crippen molar-refractivity contribution in [2.24, 2.45) is 0 Å². The second-order valence-corrected chi connectivity index (χ2v) is 9.29. The molecule has 0 radical (unpaired) electrons. The Labute approximate surface area is 166 Å². The third kappa shape index (κ3) is 3.77. The molecule has 6 heteroatoms. The van der Waals surface area contributed by atoms with Crippen molar-refractivity contribution in [3.05, 3.63) is 59.9 Å². The van der Waals surface area contributed by atoms with Crippen molar-refractivity contribution >= 4 is 21.8 Å². The van der Waals surface area contributed by atoms with Gasteiger partial charge in [0.2, 0.25) is 0 Å². The molecule has 146 valence electrons. The minimum Gasteiger partial charge on any atom is -0.381 e. The molecule has 3 heterocycles. The lowest BCUT2D eigenvalue weighted by molar-refractivity contribution is -0.0577. The van der Waals surface area contributed by atoms with Crippen molar-refractivity contribution in [3.8, 4) is 0 Å². The molecule has 0 amide bonds. The Kier molecular flexibility index (Phi) is 5.01. The Balaban J connectivity index is 1.46. The van der Waals surface area contributed by atoms with E-state index in [1.54, 1.807) is 6.20 Å². The van der Waals surface area contributed by atoms with E-state index in [9.17, 15) is 4.21 Å². The summed E-state index contributed by atoms with van der Waals surface area (Å²) >= 11 is 0. The van der Waals surface area contributed by atoms with E-state index in [0.717, 1.165) is 66.1 Å². The van der Waals surface area contributed by atoms with E-state index in [2.05, 4.69) is 34.2 Å². The molecular formula is C22H24N2O3S. The highest BCUT2D eigenvalue weighted by Gasteiger charge is 2.30. The molecule has 2 unspecified atom stereocenters. The minimum absolute atomic E-state index is 0.165. The van der Waals surface area contributed by atoms with Crippen molar-refractivity contribution < 1.29 is 13.7 Å². The molecule has 0 bridgehead atoms. The van der Waals surface area contributed by atoms with Gasteiger partial charge in [-0.2, -0.15) is 0 Å². The van der Waals surface area contributed by atoms with Crippen LogP contribution in [0, 0.1) is 0 Å². The Morgan fingerprint density at radius 3 is 2.61 bits per heavy atom. The summed E-state index contributed by atoms with van der Waals surface area (Å²) in [6, 6.07) is 14.2. The molecule has 0 spiro atoms. The van der Waals surface area contributed by atoms with Crippen molar-refractivity contribution in [3.63, 3.8) is 0 Å². The largest absolute Gasteiger partial charge is 0.381 e. The van der Waals surface area contributed by atoms with Crippen LogP contribution in [-0.4, -0.2) is 38.7 Å². The zero-order valence-corrected chi connectivity index (χ0v) is 16.5. The van der Waals surface area contributed by atoms with Crippen molar-refractivity contribution in [2.75, 3.05) is 13.2 Å². The number of nitrogens with one attached hydrogen (secondary N) is 1. The van der Waals surface area contributed by atoms with Crippen LogP contribution in [0.15, 0.2) is 53.6 Å². The first-order valence-corrected chi connectivity index (χ1v) is 11.2. The van der Waals surface area contributed by atoms with E-state index < -0.39 is 10.8 Å². The molecule has 3 aromatic rings. The van der Waals surface area contributed by atoms with Crippen LogP contribution in [0.3, 0.4) is 0 Å². The molecule has 2 fully saturated rings. The highest BCUT2D eigenvalue weighted by atomic mass is 32.2. The molecule has 1 aliphatic carbocycles. The fourth-order valence-electron chi connectivity index (χ4n) is 3.71. The Hall–Kier alpha value is -2.02. The molecule has 1 saturated carbocycles. The summed E-state index contributed by atoms with van der Waals surface area (Å²) in [4.78, 5) is 8.75. The summed E-state index contributed by atoms with van der Waals surface area (Å²) in [5.74, 6) is 0. The molecule has 5 nitrogen and oxygen atoms in total. The first-order chi connectivity index (χ1) is 13.8. The minimum atomic E-state index is -0.884. The van der Waals surface area contributed by atoms with Crippen LogP contribution >= 0.6 is 0 Å². The van der Waals surface area contributed by atoms with E-state index in [4.69, 9.17) is 9.47 Å². The second-order valence-electron chi connectivity index (χ2n) is 7.56. The van der Waals surface area contributed by atoms with Crippen LogP contribution in [0.4, 0.5) is 0 Å². The van der Waals surface area contributed by atoms with Crippen LogP contribution in [0.25, 0.3) is 11.0 Å². The SMILES string of the molecule is O=S(c1ccc(C(OC2CCOCC2)c2cc3cccnc3[nH]2)cc1)C1CC1. The maximum absolute atomic E-state index is 12.4. The number of rotatable bonds is 6. The molecule has 28 heavy (non-hydrogen) atoms. The predicted molar refractivity (Wildman–Crippen MR) is 109 cm³/mol. The van der Waals surface area contributed by atoms with E-state index in [0.29, 0.717) is 5.25 Å². The van der Waals surface area contributed by atoms with Crippen molar-refractivity contribution in [1.29, 1.82) is 0 Å². The Bertz CT molecular complexity index is 942. The molecule has 2 aromatic heterocycles. The first kappa shape index (κ1) is 18.0. The van der Waals surface area contributed by atoms with Crippen LogP contribution in [-0.2, 0) is 20.3 Å². The average Bonchev–Trinajstić information content (AvgIpc) is 3.51. The number of pyridine rings is 1. The third-order valence-electron chi connectivity index (χ3n) is 5.43. The Morgan fingerprint density at radius 1 is 1.11 bits per heavy atom. The van der Waals surface area contributed by atoms with Gasteiger partial charge >= 0.3 is 0 Å². The summed E-state index contributed by atoms with van der Waals surface area (Å²) in [5, 5.41) is 1.42. The van der Waals surface area contributed by atoms with E-state index in [1.165, 1.54) is 0 Å².